The summed E-state index contributed by atoms with van der Waals surface area (Å²) in [5, 5.41) is 8.63. The van der Waals surface area contributed by atoms with E-state index in [4.69, 9.17) is 9.47 Å². The summed E-state index contributed by atoms with van der Waals surface area (Å²) in [6, 6.07) is 9.88. The number of hydrogen-bond donors (Lipinski definition) is 1. The highest BCUT2D eigenvalue weighted by molar-refractivity contribution is 6.01. The molecular weight excluding hydrogens is 318 g/mol. The second-order valence-corrected chi connectivity index (χ2v) is 5.81. The van der Waals surface area contributed by atoms with Crippen LogP contribution in [-0.4, -0.2) is 34.3 Å². The Labute approximate surface area is 145 Å². The second-order valence-electron chi connectivity index (χ2n) is 5.81. The van der Waals surface area contributed by atoms with Crippen LogP contribution >= 0.6 is 0 Å². The van der Waals surface area contributed by atoms with Crippen LogP contribution in [0.15, 0.2) is 59.7 Å². The standard InChI is InChI=1S/C18H19N5O2/c1-22-8-7-14(21-22)11-25-17-9-18-20-19-12-23(18)10-16(17)13-3-5-15(24-2)6-4-13/h3-10,19H,11-12H2,1-2H3. The number of fused-ring (bicyclic) bond motifs is 1. The number of amidine groups is 1. The van der Waals surface area contributed by atoms with E-state index in [0.717, 1.165) is 34.2 Å². The number of hydrazone groups is 1. The van der Waals surface area contributed by atoms with Gasteiger partial charge < -0.3 is 14.4 Å². The first-order chi connectivity index (χ1) is 12.2. The molecule has 0 unspecified atom stereocenters. The molecule has 25 heavy (non-hydrogen) atoms. The van der Waals surface area contributed by atoms with Crippen molar-refractivity contribution in [1.82, 2.24) is 20.1 Å². The van der Waals surface area contributed by atoms with Gasteiger partial charge in [-0.05, 0) is 23.8 Å². The van der Waals surface area contributed by atoms with Crippen LogP contribution in [0.1, 0.15) is 11.3 Å². The minimum atomic E-state index is 0.404. The summed E-state index contributed by atoms with van der Waals surface area (Å²) in [6.07, 6.45) is 5.90. The maximum Gasteiger partial charge on any atom is 0.157 e. The first kappa shape index (κ1) is 15.3. The van der Waals surface area contributed by atoms with Gasteiger partial charge in [0.05, 0.1) is 12.8 Å². The molecule has 3 heterocycles. The Balaban J connectivity index is 1.61. The molecule has 0 fully saturated rings. The van der Waals surface area contributed by atoms with Gasteiger partial charge in [0.1, 0.15) is 24.8 Å². The number of benzene rings is 1. The van der Waals surface area contributed by atoms with Gasteiger partial charge in [-0.15, -0.1) is 0 Å². The highest BCUT2D eigenvalue weighted by Crippen LogP contribution is 2.30. The van der Waals surface area contributed by atoms with Gasteiger partial charge in [0, 0.05) is 31.1 Å². The van der Waals surface area contributed by atoms with Gasteiger partial charge in [-0.25, -0.2) is 0 Å². The molecule has 0 radical (unpaired) electrons. The molecule has 2 aromatic rings. The first-order valence-corrected chi connectivity index (χ1v) is 8.00. The third kappa shape index (κ3) is 3.08. The Morgan fingerprint density at radius 3 is 2.76 bits per heavy atom. The number of hydrogen-bond acceptors (Lipinski definition) is 6. The van der Waals surface area contributed by atoms with E-state index in [-0.39, 0.29) is 0 Å². The largest absolute Gasteiger partial charge is 0.497 e. The van der Waals surface area contributed by atoms with Crippen LogP contribution in [0.5, 0.6) is 5.75 Å². The molecule has 7 heteroatoms. The lowest BCUT2D eigenvalue weighted by Crippen LogP contribution is -2.26. The summed E-state index contributed by atoms with van der Waals surface area (Å²) in [6.45, 7) is 1.06. The van der Waals surface area contributed by atoms with Gasteiger partial charge in [-0.1, -0.05) is 12.1 Å². The molecule has 0 bridgehead atoms. The molecule has 1 N–H and O–H groups in total. The van der Waals surface area contributed by atoms with Crippen molar-refractivity contribution in [3.63, 3.8) is 0 Å². The van der Waals surface area contributed by atoms with Crippen molar-refractivity contribution in [2.75, 3.05) is 13.8 Å². The number of methoxy groups -OCH3 is 1. The number of aryl methyl sites for hydroxylation is 1. The fraction of sp³-hybridized carbons (Fsp3) is 0.222. The molecule has 0 aliphatic carbocycles. The number of aromatic nitrogens is 2. The van der Waals surface area contributed by atoms with E-state index in [1.807, 2.05) is 60.8 Å². The first-order valence-electron chi connectivity index (χ1n) is 8.00. The Hall–Kier alpha value is -3.22. The van der Waals surface area contributed by atoms with Crippen molar-refractivity contribution < 1.29 is 9.47 Å². The zero-order valence-electron chi connectivity index (χ0n) is 14.1. The average Bonchev–Trinajstić information content (AvgIpc) is 3.27. The van der Waals surface area contributed by atoms with Crippen molar-refractivity contribution in [3.8, 4) is 5.75 Å². The predicted octanol–water partition coefficient (Wildman–Crippen LogP) is 2.06. The minimum Gasteiger partial charge on any atom is -0.497 e. The smallest absolute Gasteiger partial charge is 0.157 e. The van der Waals surface area contributed by atoms with Crippen LogP contribution in [0.4, 0.5) is 0 Å². The van der Waals surface area contributed by atoms with Gasteiger partial charge in [-0.3, -0.25) is 10.1 Å². The van der Waals surface area contributed by atoms with Gasteiger partial charge in [0.25, 0.3) is 0 Å². The van der Waals surface area contributed by atoms with Gasteiger partial charge in [-0.2, -0.15) is 10.2 Å². The molecule has 4 rings (SSSR count). The zero-order chi connectivity index (χ0) is 17.2. The second kappa shape index (κ2) is 6.35. The average molecular weight is 337 g/mol. The number of rotatable bonds is 5. The van der Waals surface area contributed by atoms with Crippen LogP contribution in [0.25, 0.3) is 5.57 Å². The molecule has 1 aromatic carbocycles. The summed E-state index contributed by atoms with van der Waals surface area (Å²) < 4.78 is 13.1. The Morgan fingerprint density at radius 1 is 1.20 bits per heavy atom. The molecule has 128 valence electrons. The Morgan fingerprint density at radius 2 is 2.04 bits per heavy atom. The molecule has 0 saturated heterocycles. The molecular formula is C18H19N5O2. The lowest BCUT2D eigenvalue weighted by Gasteiger charge is -2.23. The lowest BCUT2D eigenvalue weighted by atomic mass is 10.0. The van der Waals surface area contributed by atoms with E-state index in [0.29, 0.717) is 13.3 Å². The summed E-state index contributed by atoms with van der Waals surface area (Å²) in [4.78, 5) is 2.05. The van der Waals surface area contributed by atoms with Crippen molar-refractivity contribution in [3.05, 3.63) is 65.8 Å². The number of nitrogens with zero attached hydrogens (tertiary/aromatic N) is 4. The summed E-state index contributed by atoms with van der Waals surface area (Å²) in [5.41, 5.74) is 5.92. The van der Waals surface area contributed by atoms with Crippen LogP contribution in [-0.2, 0) is 18.4 Å². The third-order valence-corrected chi connectivity index (χ3v) is 4.08. The molecule has 2 aliphatic rings. The van der Waals surface area contributed by atoms with E-state index in [9.17, 15) is 0 Å². The molecule has 7 nitrogen and oxygen atoms in total. The van der Waals surface area contributed by atoms with Gasteiger partial charge in [0.2, 0.25) is 0 Å². The quantitative estimate of drug-likeness (QED) is 0.905. The molecule has 0 atom stereocenters. The Bertz CT molecular complexity index is 864. The molecule has 1 aromatic heterocycles. The van der Waals surface area contributed by atoms with E-state index in [1.54, 1.807) is 11.8 Å². The highest BCUT2D eigenvalue weighted by Gasteiger charge is 2.24. The summed E-state index contributed by atoms with van der Waals surface area (Å²) >= 11 is 0. The predicted molar refractivity (Wildman–Crippen MR) is 94.3 cm³/mol. The van der Waals surface area contributed by atoms with Crippen molar-refractivity contribution in [1.29, 1.82) is 0 Å². The maximum absolute atomic E-state index is 6.06. The van der Waals surface area contributed by atoms with Crippen LogP contribution in [0.3, 0.4) is 0 Å². The van der Waals surface area contributed by atoms with Gasteiger partial charge in [0.15, 0.2) is 5.84 Å². The fourth-order valence-electron chi connectivity index (χ4n) is 2.78. The minimum absolute atomic E-state index is 0.404. The Kier molecular flexibility index (Phi) is 3.89. The van der Waals surface area contributed by atoms with Gasteiger partial charge >= 0.3 is 0 Å². The van der Waals surface area contributed by atoms with E-state index in [2.05, 4.69) is 15.6 Å². The van der Waals surface area contributed by atoms with Crippen molar-refractivity contribution >= 4 is 11.4 Å². The van der Waals surface area contributed by atoms with Crippen molar-refractivity contribution in [2.24, 2.45) is 12.1 Å². The number of ether oxygens (including phenoxy) is 2. The number of nitrogens with one attached hydrogen (secondary N) is 1. The van der Waals surface area contributed by atoms with Crippen LogP contribution in [0, 0.1) is 0 Å². The zero-order valence-corrected chi connectivity index (χ0v) is 14.1. The third-order valence-electron chi connectivity index (χ3n) is 4.08. The van der Waals surface area contributed by atoms with Crippen LogP contribution < -0.4 is 10.2 Å². The molecule has 0 spiro atoms. The number of allylic oxidation sites excluding steroid dienone is 1. The van der Waals surface area contributed by atoms with E-state index >= 15 is 0 Å². The monoisotopic (exact) mass is 337 g/mol. The summed E-state index contributed by atoms with van der Waals surface area (Å²) in [7, 11) is 3.55. The molecule has 2 aliphatic heterocycles. The van der Waals surface area contributed by atoms with E-state index in [1.165, 1.54) is 0 Å². The fourth-order valence-corrected chi connectivity index (χ4v) is 2.78. The molecule has 0 saturated carbocycles. The maximum atomic E-state index is 6.06. The van der Waals surface area contributed by atoms with E-state index < -0.39 is 0 Å². The lowest BCUT2D eigenvalue weighted by molar-refractivity contribution is 0.209. The highest BCUT2D eigenvalue weighted by atomic mass is 16.5. The summed E-state index contributed by atoms with van der Waals surface area (Å²) in [5.74, 6) is 2.44. The van der Waals surface area contributed by atoms with Crippen molar-refractivity contribution in [2.45, 2.75) is 6.61 Å². The normalized spacial score (nSPS) is 15.8. The topological polar surface area (TPSA) is 63.9 Å². The molecule has 0 amide bonds. The SMILES string of the molecule is COc1ccc(C2=CN3CNN=C3C=C2OCc2ccn(C)n2)cc1. The van der Waals surface area contributed by atoms with Crippen LogP contribution in [0.2, 0.25) is 0 Å².